The average molecular weight is 492 g/mol. The van der Waals surface area contributed by atoms with Crippen molar-refractivity contribution in [3.63, 3.8) is 0 Å². The van der Waals surface area contributed by atoms with E-state index < -0.39 is 5.82 Å². The van der Waals surface area contributed by atoms with Crippen molar-refractivity contribution in [1.29, 1.82) is 0 Å². The summed E-state index contributed by atoms with van der Waals surface area (Å²) >= 11 is 5.82. The lowest BCUT2D eigenvalue weighted by molar-refractivity contribution is -0.127. The predicted octanol–water partition coefficient (Wildman–Crippen LogP) is 6.11. The first-order valence-corrected chi connectivity index (χ1v) is 11.2. The lowest BCUT2D eigenvalue weighted by Gasteiger charge is -2.23. The Hall–Kier alpha value is -4.17. The fourth-order valence-electron chi connectivity index (χ4n) is 3.75. The molecule has 4 aromatic rings. The van der Waals surface area contributed by atoms with Crippen LogP contribution in [-0.2, 0) is 11.3 Å². The maximum atomic E-state index is 14.1. The highest BCUT2D eigenvalue weighted by Crippen LogP contribution is 2.34. The maximum Gasteiger partial charge on any atom is 0.246 e. The summed E-state index contributed by atoms with van der Waals surface area (Å²) in [6, 6.07) is 19.8. The molecular formula is C26H20ClF2N5O. The number of rotatable bonds is 6. The number of nitrogens with one attached hydrogen (secondary N) is 2. The van der Waals surface area contributed by atoms with Crippen molar-refractivity contribution in [2.24, 2.45) is 0 Å². The highest BCUT2D eigenvalue weighted by Gasteiger charge is 2.24. The molecule has 0 spiro atoms. The summed E-state index contributed by atoms with van der Waals surface area (Å²) in [7, 11) is 0. The van der Waals surface area contributed by atoms with Crippen LogP contribution in [0, 0.1) is 11.6 Å². The van der Waals surface area contributed by atoms with E-state index in [0.717, 1.165) is 5.69 Å². The Morgan fingerprint density at radius 1 is 0.971 bits per heavy atom. The van der Waals surface area contributed by atoms with Crippen LogP contribution in [0.3, 0.4) is 0 Å². The first-order valence-electron chi connectivity index (χ1n) is 10.8. The lowest BCUT2D eigenvalue weighted by Crippen LogP contribution is -2.33. The van der Waals surface area contributed by atoms with Crippen molar-refractivity contribution in [3.05, 3.63) is 101 Å². The molecule has 6 nitrogen and oxygen atoms in total. The molecular weight excluding hydrogens is 472 g/mol. The summed E-state index contributed by atoms with van der Waals surface area (Å²) in [6.07, 6.45) is 3.39. The van der Waals surface area contributed by atoms with Crippen LogP contribution in [0.4, 0.5) is 26.0 Å². The second-order valence-corrected chi connectivity index (χ2v) is 8.30. The summed E-state index contributed by atoms with van der Waals surface area (Å²) in [5, 5.41) is 6.32. The molecule has 9 heteroatoms. The third kappa shape index (κ3) is 4.88. The molecule has 0 unspecified atom stereocenters. The minimum atomic E-state index is -0.559. The van der Waals surface area contributed by atoms with Gasteiger partial charge in [-0.15, -0.1) is 0 Å². The van der Waals surface area contributed by atoms with Crippen molar-refractivity contribution < 1.29 is 13.6 Å². The smallest absolute Gasteiger partial charge is 0.246 e. The molecule has 1 aliphatic heterocycles. The van der Waals surface area contributed by atoms with E-state index in [0.29, 0.717) is 28.6 Å². The van der Waals surface area contributed by atoms with Gasteiger partial charge in [0.1, 0.15) is 29.0 Å². The molecule has 0 bridgehead atoms. The summed E-state index contributed by atoms with van der Waals surface area (Å²) in [5.74, 6) is 0.0964. The van der Waals surface area contributed by atoms with E-state index in [1.807, 2.05) is 30.3 Å². The standard InChI is InChI=1S/C26H20ClF2N5O/c27-21-11-10-20(14-22(21)29)31-26-25(17-6-8-18(28)9-7-17)32-23-16-33(12-13-34(23)26)24(35)15-30-19-4-2-1-3-5-19/h1-14,30-31H,15-16H2. The van der Waals surface area contributed by atoms with Crippen LogP contribution in [0.2, 0.25) is 5.02 Å². The van der Waals surface area contributed by atoms with Gasteiger partial charge in [-0.3, -0.25) is 9.36 Å². The van der Waals surface area contributed by atoms with E-state index >= 15 is 0 Å². The molecule has 3 aromatic carbocycles. The first-order chi connectivity index (χ1) is 17.0. The number of aromatic nitrogens is 2. The zero-order valence-corrected chi connectivity index (χ0v) is 19.1. The van der Waals surface area contributed by atoms with Crippen LogP contribution < -0.4 is 10.6 Å². The highest BCUT2D eigenvalue weighted by atomic mass is 35.5. The monoisotopic (exact) mass is 491 g/mol. The van der Waals surface area contributed by atoms with E-state index in [2.05, 4.69) is 10.6 Å². The van der Waals surface area contributed by atoms with Gasteiger partial charge in [0.05, 0.1) is 18.1 Å². The fourth-order valence-corrected chi connectivity index (χ4v) is 3.87. The van der Waals surface area contributed by atoms with Crippen LogP contribution in [0.15, 0.2) is 79.0 Å². The molecule has 1 amide bonds. The van der Waals surface area contributed by atoms with Gasteiger partial charge >= 0.3 is 0 Å². The zero-order chi connectivity index (χ0) is 24.4. The largest absolute Gasteiger partial charge is 0.376 e. The van der Waals surface area contributed by atoms with Crippen LogP contribution in [0.25, 0.3) is 17.5 Å². The number of anilines is 3. The number of benzene rings is 3. The van der Waals surface area contributed by atoms with Crippen LogP contribution >= 0.6 is 11.6 Å². The number of halogens is 3. The van der Waals surface area contributed by atoms with Gasteiger partial charge in [0.25, 0.3) is 0 Å². The topological polar surface area (TPSA) is 62.2 Å². The predicted molar refractivity (Wildman–Crippen MR) is 133 cm³/mol. The average Bonchev–Trinajstić information content (AvgIpc) is 3.23. The molecule has 35 heavy (non-hydrogen) atoms. The lowest BCUT2D eigenvalue weighted by atomic mass is 10.1. The first kappa shape index (κ1) is 22.6. The number of para-hydroxylation sites is 1. The van der Waals surface area contributed by atoms with E-state index in [-0.39, 0.29) is 29.8 Å². The van der Waals surface area contributed by atoms with E-state index in [1.165, 1.54) is 24.3 Å². The van der Waals surface area contributed by atoms with Gasteiger partial charge in [0.2, 0.25) is 5.91 Å². The molecule has 0 saturated heterocycles. The number of fused-ring (bicyclic) bond motifs is 1. The molecule has 2 heterocycles. The third-order valence-corrected chi connectivity index (χ3v) is 5.84. The van der Waals surface area contributed by atoms with Gasteiger partial charge < -0.3 is 15.5 Å². The molecule has 176 valence electrons. The molecule has 0 saturated carbocycles. The Morgan fingerprint density at radius 2 is 1.74 bits per heavy atom. The number of amides is 1. The number of carbonyl (C=O) groups is 1. The molecule has 1 aromatic heterocycles. The second-order valence-electron chi connectivity index (χ2n) is 7.90. The summed E-state index contributed by atoms with van der Waals surface area (Å²) in [4.78, 5) is 19.1. The Morgan fingerprint density at radius 3 is 2.49 bits per heavy atom. The minimum absolute atomic E-state index is 0.0165. The van der Waals surface area contributed by atoms with Crippen molar-refractivity contribution in [1.82, 2.24) is 14.5 Å². The number of carbonyl (C=O) groups excluding carboxylic acids is 1. The molecule has 0 atom stereocenters. The van der Waals surface area contributed by atoms with Gasteiger partial charge in [0, 0.05) is 29.3 Å². The highest BCUT2D eigenvalue weighted by molar-refractivity contribution is 6.30. The third-order valence-electron chi connectivity index (χ3n) is 5.53. The van der Waals surface area contributed by atoms with Gasteiger partial charge in [-0.05, 0) is 54.6 Å². The molecule has 2 N–H and O–H groups in total. The van der Waals surface area contributed by atoms with Crippen molar-refractivity contribution in [2.45, 2.75) is 6.54 Å². The maximum absolute atomic E-state index is 14.1. The second kappa shape index (κ2) is 9.60. The normalized spacial score (nSPS) is 12.4. The zero-order valence-electron chi connectivity index (χ0n) is 18.4. The Labute approximate surface area is 205 Å². The molecule has 0 radical (unpaired) electrons. The van der Waals surface area contributed by atoms with E-state index in [4.69, 9.17) is 16.6 Å². The number of hydrogen-bond acceptors (Lipinski definition) is 4. The van der Waals surface area contributed by atoms with Gasteiger partial charge in [0.15, 0.2) is 0 Å². The number of hydrogen-bond donors (Lipinski definition) is 2. The van der Waals surface area contributed by atoms with Crippen molar-refractivity contribution in [2.75, 3.05) is 17.2 Å². The Kier molecular flexibility index (Phi) is 6.20. The molecule has 0 aliphatic carbocycles. The number of nitrogens with zero attached hydrogens (tertiary/aromatic N) is 3. The van der Waals surface area contributed by atoms with Gasteiger partial charge in [-0.1, -0.05) is 29.8 Å². The van der Waals surface area contributed by atoms with Gasteiger partial charge in [-0.2, -0.15) is 0 Å². The van der Waals surface area contributed by atoms with Crippen LogP contribution in [0.1, 0.15) is 5.82 Å². The molecule has 1 aliphatic rings. The van der Waals surface area contributed by atoms with Crippen molar-refractivity contribution in [3.8, 4) is 11.3 Å². The number of imidazole rings is 1. The van der Waals surface area contributed by atoms with Gasteiger partial charge in [-0.25, -0.2) is 13.8 Å². The SMILES string of the molecule is O=C(CNc1ccccc1)N1C=Cn2c(nc(-c3ccc(F)cc3)c2Nc2ccc(Cl)c(F)c2)C1. The quantitative estimate of drug-likeness (QED) is 0.342. The minimum Gasteiger partial charge on any atom is -0.376 e. The van der Waals surface area contributed by atoms with E-state index in [9.17, 15) is 13.6 Å². The Bertz CT molecular complexity index is 1400. The van der Waals surface area contributed by atoms with Crippen LogP contribution in [-0.4, -0.2) is 26.9 Å². The molecule has 5 rings (SSSR count). The fraction of sp³-hybridized carbons (Fsp3) is 0.0769. The summed E-state index contributed by atoms with van der Waals surface area (Å²) in [5.41, 5.74) is 2.53. The summed E-state index contributed by atoms with van der Waals surface area (Å²) < 4.78 is 29.4. The van der Waals surface area contributed by atoms with Crippen LogP contribution in [0.5, 0.6) is 0 Å². The Balaban J connectivity index is 1.43. The van der Waals surface area contributed by atoms with Crippen molar-refractivity contribution >= 4 is 40.9 Å². The summed E-state index contributed by atoms with van der Waals surface area (Å²) in [6.45, 7) is 0.353. The van der Waals surface area contributed by atoms with E-state index in [1.54, 1.807) is 40.1 Å². The molecule has 0 fully saturated rings.